The maximum Gasteiger partial charge on any atom is 0.434 e. The summed E-state index contributed by atoms with van der Waals surface area (Å²) in [6, 6.07) is 2.27. The molecule has 0 aliphatic heterocycles. The summed E-state index contributed by atoms with van der Waals surface area (Å²) in [5.74, 6) is -2.89. The normalized spacial score (nSPS) is 11.5. The lowest BCUT2D eigenvalue weighted by Crippen LogP contribution is -2.24. The van der Waals surface area contributed by atoms with Crippen LogP contribution in [0.3, 0.4) is 0 Å². The fraction of sp³-hybridized carbons (Fsp3) is 0.333. The minimum atomic E-state index is -5.31. The molecular weight excluding hydrogens is 439 g/mol. The third-order valence-electron chi connectivity index (χ3n) is 3.68. The standard InChI is InChI=1S/C18H14ClF5N2O4/c1-3-29-16(27)11-10(8-5-6-9(19)25-7-8)12(17(28)30-4-2)14(18(22,23)24)26-13(11)15(20)21/h5-7,15H,3-4H2,1-2H3. The van der Waals surface area contributed by atoms with Gasteiger partial charge in [0, 0.05) is 17.3 Å². The highest BCUT2D eigenvalue weighted by Crippen LogP contribution is 2.41. The van der Waals surface area contributed by atoms with E-state index >= 15 is 0 Å². The van der Waals surface area contributed by atoms with E-state index in [1.165, 1.54) is 13.8 Å². The molecule has 30 heavy (non-hydrogen) atoms. The zero-order chi connectivity index (χ0) is 22.6. The van der Waals surface area contributed by atoms with E-state index in [1.54, 1.807) is 0 Å². The second-order valence-electron chi connectivity index (χ2n) is 5.58. The van der Waals surface area contributed by atoms with Gasteiger partial charge in [0.25, 0.3) is 6.43 Å². The maximum atomic E-state index is 13.7. The van der Waals surface area contributed by atoms with Crippen LogP contribution in [0.15, 0.2) is 18.3 Å². The molecule has 0 saturated carbocycles. The first-order valence-corrected chi connectivity index (χ1v) is 8.80. The van der Waals surface area contributed by atoms with E-state index in [0.29, 0.717) is 0 Å². The Morgan fingerprint density at radius 3 is 2.07 bits per heavy atom. The molecule has 0 aromatic carbocycles. The van der Waals surface area contributed by atoms with Gasteiger partial charge < -0.3 is 9.47 Å². The number of ether oxygens (including phenoxy) is 2. The van der Waals surface area contributed by atoms with E-state index in [-0.39, 0.29) is 23.9 Å². The van der Waals surface area contributed by atoms with E-state index in [9.17, 15) is 31.5 Å². The molecule has 0 aliphatic rings. The number of pyridine rings is 2. The molecule has 6 nitrogen and oxygen atoms in total. The van der Waals surface area contributed by atoms with Crippen LogP contribution in [0.1, 0.15) is 52.4 Å². The van der Waals surface area contributed by atoms with Crippen molar-refractivity contribution in [2.75, 3.05) is 13.2 Å². The Bertz CT molecular complexity index is 949. The largest absolute Gasteiger partial charge is 0.462 e. The van der Waals surface area contributed by atoms with Gasteiger partial charge in [-0.05, 0) is 26.0 Å². The summed E-state index contributed by atoms with van der Waals surface area (Å²) in [5.41, 5.74) is -6.66. The van der Waals surface area contributed by atoms with Gasteiger partial charge in [-0.3, -0.25) is 0 Å². The minimum Gasteiger partial charge on any atom is -0.462 e. The average molecular weight is 453 g/mol. The summed E-state index contributed by atoms with van der Waals surface area (Å²) in [6.45, 7) is 2.12. The lowest BCUT2D eigenvalue weighted by atomic mass is 9.92. The molecule has 0 saturated heterocycles. The van der Waals surface area contributed by atoms with E-state index < -0.39 is 52.6 Å². The number of carbonyl (C=O) groups is 2. The topological polar surface area (TPSA) is 78.4 Å². The quantitative estimate of drug-likeness (QED) is 0.344. The molecule has 0 radical (unpaired) electrons. The van der Waals surface area contributed by atoms with Crippen LogP contribution in [-0.4, -0.2) is 35.1 Å². The number of alkyl halides is 5. The zero-order valence-electron chi connectivity index (χ0n) is 15.5. The highest BCUT2D eigenvalue weighted by Gasteiger charge is 2.43. The van der Waals surface area contributed by atoms with Crippen molar-refractivity contribution in [2.24, 2.45) is 0 Å². The van der Waals surface area contributed by atoms with Gasteiger partial charge in [-0.15, -0.1) is 0 Å². The maximum absolute atomic E-state index is 13.7. The smallest absolute Gasteiger partial charge is 0.434 e. The van der Waals surface area contributed by atoms with Gasteiger partial charge in [0.05, 0.1) is 24.3 Å². The number of rotatable bonds is 6. The number of hydrogen-bond acceptors (Lipinski definition) is 6. The summed E-state index contributed by atoms with van der Waals surface area (Å²) in [7, 11) is 0. The van der Waals surface area contributed by atoms with E-state index in [1.807, 2.05) is 0 Å². The molecule has 0 unspecified atom stereocenters. The second kappa shape index (κ2) is 9.33. The van der Waals surface area contributed by atoms with Crippen molar-refractivity contribution in [1.29, 1.82) is 0 Å². The number of carbonyl (C=O) groups excluding carboxylic acids is 2. The van der Waals surface area contributed by atoms with Gasteiger partial charge in [-0.25, -0.2) is 28.3 Å². The van der Waals surface area contributed by atoms with Gasteiger partial charge in [0.2, 0.25) is 0 Å². The van der Waals surface area contributed by atoms with E-state index in [4.69, 9.17) is 16.3 Å². The first-order valence-electron chi connectivity index (χ1n) is 8.42. The van der Waals surface area contributed by atoms with Crippen molar-refractivity contribution in [3.05, 3.63) is 46.0 Å². The molecule has 0 spiro atoms. The molecule has 0 N–H and O–H groups in total. The Hall–Kier alpha value is -2.82. The molecule has 2 aromatic rings. The lowest BCUT2D eigenvalue weighted by Gasteiger charge is -2.20. The Labute approximate surface area is 172 Å². The van der Waals surface area contributed by atoms with Gasteiger partial charge in [-0.2, -0.15) is 13.2 Å². The van der Waals surface area contributed by atoms with Crippen molar-refractivity contribution in [2.45, 2.75) is 26.4 Å². The molecule has 0 fully saturated rings. The van der Waals surface area contributed by atoms with Crippen LogP contribution in [0.4, 0.5) is 22.0 Å². The molecule has 0 atom stereocenters. The Balaban J connectivity index is 3.09. The van der Waals surface area contributed by atoms with Gasteiger partial charge >= 0.3 is 18.1 Å². The number of halogens is 6. The molecule has 0 bridgehead atoms. The first kappa shape index (κ1) is 23.5. The molecule has 2 aromatic heterocycles. The van der Waals surface area contributed by atoms with Crippen molar-refractivity contribution < 1.29 is 41.0 Å². The summed E-state index contributed by atoms with van der Waals surface area (Å²) in [6.07, 6.45) is -7.97. The molecule has 2 rings (SSSR count). The summed E-state index contributed by atoms with van der Waals surface area (Å²) in [4.78, 5) is 31.5. The summed E-state index contributed by atoms with van der Waals surface area (Å²) >= 11 is 5.68. The number of hydrogen-bond donors (Lipinski definition) is 0. The molecule has 0 amide bonds. The third kappa shape index (κ3) is 4.84. The molecule has 0 aliphatic carbocycles. The zero-order valence-corrected chi connectivity index (χ0v) is 16.3. The average Bonchev–Trinajstić information content (AvgIpc) is 2.66. The SMILES string of the molecule is CCOC(=O)c1c(C(F)F)nc(C(F)(F)F)c(C(=O)OCC)c1-c1ccc(Cl)nc1. The van der Waals surface area contributed by atoms with E-state index in [2.05, 4.69) is 14.7 Å². The van der Waals surface area contributed by atoms with Crippen LogP contribution in [-0.2, 0) is 15.7 Å². The van der Waals surface area contributed by atoms with Crippen LogP contribution in [0, 0.1) is 0 Å². The van der Waals surface area contributed by atoms with Crippen LogP contribution in [0.25, 0.3) is 11.1 Å². The van der Waals surface area contributed by atoms with E-state index in [0.717, 1.165) is 18.3 Å². The Kier molecular flexibility index (Phi) is 7.30. The monoisotopic (exact) mass is 452 g/mol. The fourth-order valence-electron chi connectivity index (χ4n) is 2.59. The Morgan fingerprint density at radius 2 is 1.63 bits per heavy atom. The first-order chi connectivity index (χ1) is 14.0. The predicted octanol–water partition coefficient (Wildman–Crippen LogP) is 5.11. The van der Waals surface area contributed by atoms with Crippen LogP contribution in [0.2, 0.25) is 5.15 Å². The van der Waals surface area contributed by atoms with Crippen molar-refractivity contribution in [3.63, 3.8) is 0 Å². The predicted molar refractivity (Wildman–Crippen MR) is 94.4 cm³/mol. The second-order valence-corrected chi connectivity index (χ2v) is 5.97. The minimum absolute atomic E-state index is 0.0618. The molecular formula is C18H14ClF5N2O4. The number of aromatic nitrogens is 2. The van der Waals surface area contributed by atoms with Crippen LogP contribution < -0.4 is 0 Å². The highest BCUT2D eigenvalue weighted by molar-refractivity contribution is 6.29. The summed E-state index contributed by atoms with van der Waals surface area (Å²) < 4.78 is 77.7. The van der Waals surface area contributed by atoms with Gasteiger partial charge in [-0.1, -0.05) is 11.6 Å². The molecule has 2 heterocycles. The third-order valence-corrected chi connectivity index (χ3v) is 3.90. The highest BCUT2D eigenvalue weighted by atomic mass is 35.5. The van der Waals surface area contributed by atoms with Gasteiger partial charge in [0.1, 0.15) is 10.8 Å². The molecule has 162 valence electrons. The van der Waals surface area contributed by atoms with Crippen molar-refractivity contribution in [1.82, 2.24) is 9.97 Å². The van der Waals surface area contributed by atoms with Crippen molar-refractivity contribution >= 4 is 23.5 Å². The molecule has 12 heteroatoms. The van der Waals surface area contributed by atoms with Crippen molar-refractivity contribution in [3.8, 4) is 11.1 Å². The fourth-order valence-corrected chi connectivity index (χ4v) is 2.70. The van der Waals surface area contributed by atoms with Gasteiger partial charge in [0.15, 0.2) is 5.69 Å². The number of esters is 2. The van der Waals surface area contributed by atoms with Crippen LogP contribution in [0.5, 0.6) is 0 Å². The number of nitrogens with zero attached hydrogens (tertiary/aromatic N) is 2. The summed E-state index contributed by atoms with van der Waals surface area (Å²) in [5, 5.41) is -0.0618. The van der Waals surface area contributed by atoms with Crippen LogP contribution >= 0.6 is 11.6 Å². The Morgan fingerprint density at radius 1 is 1.07 bits per heavy atom. The lowest BCUT2D eigenvalue weighted by molar-refractivity contribution is -0.142.